The maximum atomic E-state index is 13.0. The molecule has 0 rings (SSSR count). The number of hydrogen-bond donors (Lipinski definition) is 3. The highest BCUT2D eigenvalue weighted by molar-refractivity contribution is 7.47. The van der Waals surface area contributed by atoms with Crippen molar-refractivity contribution in [3.8, 4) is 0 Å². The molecule has 19 heteroatoms. The molecule has 0 radical (unpaired) electrons. The smallest absolute Gasteiger partial charge is 0.462 e. The molecule has 0 saturated heterocycles. The highest BCUT2D eigenvalue weighted by atomic mass is 31.2. The van der Waals surface area contributed by atoms with Gasteiger partial charge in [-0.2, -0.15) is 0 Å². The molecule has 3 N–H and O–H groups in total. The van der Waals surface area contributed by atoms with Crippen LogP contribution in [0.3, 0.4) is 0 Å². The van der Waals surface area contributed by atoms with Crippen LogP contribution in [0.25, 0.3) is 0 Å². The van der Waals surface area contributed by atoms with Crippen molar-refractivity contribution in [2.75, 3.05) is 39.6 Å². The zero-order valence-electron chi connectivity index (χ0n) is 56.9. The third kappa shape index (κ3) is 62.8. The predicted molar refractivity (Wildman–Crippen MR) is 354 cm³/mol. The van der Waals surface area contributed by atoms with E-state index in [1.165, 1.54) is 173 Å². The van der Waals surface area contributed by atoms with Crippen LogP contribution in [-0.2, 0) is 65.4 Å². The van der Waals surface area contributed by atoms with E-state index < -0.39 is 97.5 Å². The average molecular weight is 1300 g/mol. The Hall–Kier alpha value is -1.94. The molecule has 0 aliphatic heterocycles. The summed E-state index contributed by atoms with van der Waals surface area (Å²) in [5.74, 6) is -1.34. The van der Waals surface area contributed by atoms with Crippen LogP contribution >= 0.6 is 15.6 Å². The standard InChI is InChI=1S/C69H134O17P2/c1-6-9-12-15-16-17-18-19-20-21-22-23-24-27-31-34-37-40-45-50-55-69(74)86-65(59-80-67(72)53-48-44-39-36-33-30-28-25-26-29-32-35-38-43-46-51-62(4)5)61-84-88(77,78)82-57-63(70)56-81-87(75,76)83-60-64(85-68(73)54-49-42-14-11-8-3)58-79-66(71)52-47-41-13-10-7-2/h62-65,70H,6-61H2,1-5H3,(H,75,76)(H,77,78)/t63-,64+,65+/m0/s1. The molecule has 0 aliphatic carbocycles. The lowest BCUT2D eigenvalue weighted by Crippen LogP contribution is -2.30. The molecule has 88 heavy (non-hydrogen) atoms. The fourth-order valence-corrected chi connectivity index (χ4v) is 12.0. The Labute approximate surface area is 537 Å². The summed E-state index contributed by atoms with van der Waals surface area (Å²) in [6, 6.07) is 0. The third-order valence-corrected chi connectivity index (χ3v) is 17.9. The molecule has 0 saturated carbocycles. The van der Waals surface area contributed by atoms with Gasteiger partial charge in [0.15, 0.2) is 12.2 Å². The number of unbranched alkanes of at least 4 members (excludes halogenated alkanes) is 41. The minimum atomic E-state index is -4.95. The van der Waals surface area contributed by atoms with Crippen molar-refractivity contribution < 1.29 is 80.2 Å². The van der Waals surface area contributed by atoms with Gasteiger partial charge in [-0.25, -0.2) is 9.13 Å². The summed E-state index contributed by atoms with van der Waals surface area (Å²) < 4.78 is 67.7. The predicted octanol–water partition coefficient (Wildman–Crippen LogP) is 19.7. The maximum Gasteiger partial charge on any atom is 0.472 e. The second kappa shape index (κ2) is 62.5. The van der Waals surface area contributed by atoms with E-state index in [1.807, 2.05) is 0 Å². The van der Waals surface area contributed by atoms with Crippen molar-refractivity contribution in [1.82, 2.24) is 0 Å². The van der Waals surface area contributed by atoms with Crippen molar-refractivity contribution in [2.24, 2.45) is 5.92 Å². The molecule has 17 nitrogen and oxygen atoms in total. The van der Waals surface area contributed by atoms with Crippen LogP contribution < -0.4 is 0 Å². The van der Waals surface area contributed by atoms with Gasteiger partial charge in [0.05, 0.1) is 26.4 Å². The van der Waals surface area contributed by atoms with Gasteiger partial charge in [-0.1, -0.05) is 304 Å². The summed E-state index contributed by atoms with van der Waals surface area (Å²) in [6.45, 7) is 7.07. The van der Waals surface area contributed by atoms with Gasteiger partial charge in [-0.15, -0.1) is 0 Å². The molecule has 522 valence electrons. The number of rotatable bonds is 69. The van der Waals surface area contributed by atoms with Gasteiger partial charge >= 0.3 is 39.5 Å². The summed E-state index contributed by atoms with van der Waals surface area (Å²) in [5, 5.41) is 10.5. The van der Waals surface area contributed by atoms with Gasteiger partial charge in [-0.05, 0) is 31.6 Å². The van der Waals surface area contributed by atoms with Crippen molar-refractivity contribution in [3.63, 3.8) is 0 Å². The molecule has 0 aromatic carbocycles. The Kier molecular flexibility index (Phi) is 61.1. The van der Waals surface area contributed by atoms with Gasteiger partial charge in [-0.3, -0.25) is 37.3 Å². The third-order valence-electron chi connectivity index (χ3n) is 16.0. The van der Waals surface area contributed by atoms with Gasteiger partial charge in [0.2, 0.25) is 0 Å². The minimum absolute atomic E-state index is 0.0991. The Bertz CT molecular complexity index is 1700. The number of esters is 4. The van der Waals surface area contributed by atoms with Crippen molar-refractivity contribution in [3.05, 3.63) is 0 Å². The first-order valence-corrected chi connectivity index (χ1v) is 39.1. The van der Waals surface area contributed by atoms with E-state index in [1.54, 1.807) is 0 Å². The number of hydrogen-bond acceptors (Lipinski definition) is 15. The first-order valence-electron chi connectivity index (χ1n) is 36.1. The monoisotopic (exact) mass is 1300 g/mol. The van der Waals surface area contributed by atoms with Crippen LogP contribution in [-0.4, -0.2) is 96.7 Å². The lowest BCUT2D eigenvalue weighted by Gasteiger charge is -2.21. The van der Waals surface area contributed by atoms with E-state index in [0.717, 1.165) is 102 Å². The van der Waals surface area contributed by atoms with Crippen LogP contribution in [0, 0.1) is 5.92 Å². The fourth-order valence-electron chi connectivity index (χ4n) is 10.5. The quantitative estimate of drug-likeness (QED) is 0.0222. The summed E-state index contributed by atoms with van der Waals surface area (Å²) >= 11 is 0. The lowest BCUT2D eigenvalue weighted by molar-refractivity contribution is -0.161. The van der Waals surface area contributed by atoms with E-state index in [4.69, 9.17) is 37.0 Å². The Morgan fingerprint density at radius 1 is 0.307 bits per heavy atom. The van der Waals surface area contributed by atoms with Crippen LogP contribution in [0.1, 0.15) is 356 Å². The number of ether oxygens (including phenoxy) is 4. The summed E-state index contributed by atoms with van der Waals surface area (Å²) in [5.41, 5.74) is 0. The highest BCUT2D eigenvalue weighted by Crippen LogP contribution is 2.45. The second-order valence-corrected chi connectivity index (χ2v) is 28.3. The molecule has 0 aromatic rings. The molecule has 0 aliphatic rings. The lowest BCUT2D eigenvalue weighted by atomic mass is 10.0. The Morgan fingerprint density at radius 2 is 0.523 bits per heavy atom. The number of phosphoric ester groups is 2. The fraction of sp³-hybridized carbons (Fsp3) is 0.942. The number of aliphatic hydroxyl groups is 1. The van der Waals surface area contributed by atoms with Gasteiger partial charge < -0.3 is 33.8 Å². The Balaban J connectivity index is 5.04. The van der Waals surface area contributed by atoms with E-state index in [2.05, 4.69) is 34.6 Å². The number of carbonyl (C=O) groups excluding carboxylic acids is 4. The van der Waals surface area contributed by atoms with E-state index in [9.17, 15) is 43.2 Å². The maximum absolute atomic E-state index is 13.0. The molecule has 0 bridgehead atoms. The van der Waals surface area contributed by atoms with Crippen LogP contribution in [0.2, 0.25) is 0 Å². The first-order chi connectivity index (χ1) is 42.5. The molecular weight excluding hydrogens is 1160 g/mol. The molecule has 0 spiro atoms. The second-order valence-electron chi connectivity index (χ2n) is 25.4. The topological polar surface area (TPSA) is 237 Å². The zero-order chi connectivity index (χ0) is 64.9. The number of phosphoric acid groups is 2. The minimum Gasteiger partial charge on any atom is -0.462 e. The normalized spacial score (nSPS) is 14.1. The molecule has 0 amide bonds. The summed E-state index contributed by atoms with van der Waals surface area (Å²) in [4.78, 5) is 71.9. The van der Waals surface area contributed by atoms with Crippen molar-refractivity contribution in [2.45, 2.75) is 374 Å². The molecule has 5 atom stereocenters. The molecule has 2 unspecified atom stereocenters. The van der Waals surface area contributed by atoms with Gasteiger partial charge in [0.25, 0.3) is 0 Å². The van der Waals surface area contributed by atoms with Crippen LogP contribution in [0.5, 0.6) is 0 Å². The average Bonchev–Trinajstić information content (AvgIpc) is 3.62. The Morgan fingerprint density at radius 3 is 0.773 bits per heavy atom. The van der Waals surface area contributed by atoms with E-state index in [-0.39, 0.29) is 25.7 Å². The van der Waals surface area contributed by atoms with Gasteiger partial charge in [0.1, 0.15) is 19.3 Å². The molecule has 0 aromatic heterocycles. The largest absolute Gasteiger partial charge is 0.472 e. The highest BCUT2D eigenvalue weighted by Gasteiger charge is 2.30. The van der Waals surface area contributed by atoms with E-state index in [0.29, 0.717) is 25.7 Å². The van der Waals surface area contributed by atoms with E-state index >= 15 is 0 Å². The number of carbonyl (C=O) groups is 4. The SMILES string of the molecule is CCCCCCCCCCCCCCCCCCCCCCC(=O)O[C@H](COC(=O)CCCCCCCCCCCCCCCCCC(C)C)COP(=O)(O)OC[C@@H](O)COP(=O)(O)OC[C@@H](COC(=O)CCCCCCC)OC(=O)CCCCCCC. The first kappa shape index (κ1) is 86.1. The molecular formula is C69H134O17P2. The van der Waals surface area contributed by atoms with Crippen molar-refractivity contribution in [1.29, 1.82) is 0 Å². The van der Waals surface area contributed by atoms with Gasteiger partial charge in [0, 0.05) is 25.7 Å². The van der Waals surface area contributed by atoms with Crippen LogP contribution in [0.4, 0.5) is 0 Å². The molecule has 0 heterocycles. The van der Waals surface area contributed by atoms with Crippen LogP contribution in [0.15, 0.2) is 0 Å². The molecule has 0 fully saturated rings. The van der Waals surface area contributed by atoms with Crippen molar-refractivity contribution >= 4 is 39.5 Å². The summed E-state index contributed by atoms with van der Waals surface area (Å²) in [6.07, 6.45) is 49.6. The zero-order valence-corrected chi connectivity index (χ0v) is 58.6. The summed E-state index contributed by atoms with van der Waals surface area (Å²) in [7, 11) is -9.87. The number of aliphatic hydroxyl groups excluding tert-OH is 1.